The molecule has 0 bridgehead atoms. The number of pyridine rings is 1. The second-order valence-electron chi connectivity index (χ2n) is 7.49. The van der Waals surface area contributed by atoms with Gasteiger partial charge in [0.25, 0.3) is 5.91 Å². The molecule has 1 aliphatic rings. The Morgan fingerprint density at radius 3 is 2.79 bits per heavy atom. The highest BCUT2D eigenvalue weighted by molar-refractivity contribution is 5.82. The number of carbonyl (C=O) groups excluding carboxylic acids is 1. The van der Waals surface area contributed by atoms with Crippen LogP contribution in [0.4, 0.5) is 0 Å². The Hall–Kier alpha value is -3.06. The summed E-state index contributed by atoms with van der Waals surface area (Å²) in [6.07, 6.45) is 6.15. The van der Waals surface area contributed by atoms with Crippen LogP contribution in [0.1, 0.15) is 43.4 Å². The third kappa shape index (κ3) is 3.91. The lowest BCUT2D eigenvalue weighted by Crippen LogP contribution is -2.40. The molecule has 1 amide bonds. The maximum atomic E-state index is 12.5. The van der Waals surface area contributed by atoms with Crippen LogP contribution in [-0.2, 0) is 4.79 Å². The monoisotopic (exact) mass is 395 g/mol. The van der Waals surface area contributed by atoms with Gasteiger partial charge in [-0.3, -0.25) is 4.79 Å². The Bertz CT molecular complexity index is 1010. The summed E-state index contributed by atoms with van der Waals surface area (Å²) in [6.45, 7) is 0. The van der Waals surface area contributed by atoms with Crippen LogP contribution in [0.15, 0.2) is 48.8 Å². The van der Waals surface area contributed by atoms with E-state index < -0.39 is 12.0 Å². The molecule has 0 spiro atoms. The Balaban J connectivity index is 1.36. The van der Waals surface area contributed by atoms with Gasteiger partial charge in [0.2, 0.25) is 0 Å². The number of hydrogen-bond donors (Lipinski definition) is 3. The molecule has 0 saturated heterocycles. The minimum atomic E-state index is -1.31. The summed E-state index contributed by atoms with van der Waals surface area (Å²) in [7, 11) is 1.42. The molecule has 1 aromatic carbocycles. The predicted octanol–water partition coefficient (Wildman–Crippen LogP) is 3.08. The minimum absolute atomic E-state index is 0.0298. The molecule has 3 N–H and O–H groups in total. The number of carbonyl (C=O) groups is 1. The number of phenols is 1. The second kappa shape index (κ2) is 8.13. The van der Waals surface area contributed by atoms with Gasteiger partial charge in [-0.2, -0.15) is 0 Å². The summed E-state index contributed by atoms with van der Waals surface area (Å²) >= 11 is 0. The first-order chi connectivity index (χ1) is 14.1. The maximum absolute atomic E-state index is 12.5. The van der Waals surface area contributed by atoms with Crippen molar-refractivity contribution >= 4 is 16.9 Å². The number of nitrogens with zero attached hydrogens (tertiary/aromatic N) is 2. The lowest BCUT2D eigenvalue weighted by molar-refractivity contribution is -0.130. The number of aliphatic hydroxyl groups excluding tert-OH is 1. The summed E-state index contributed by atoms with van der Waals surface area (Å²) in [6, 6.07) is 10.9. The van der Waals surface area contributed by atoms with E-state index in [2.05, 4.69) is 33.2 Å². The van der Waals surface area contributed by atoms with Gasteiger partial charge in [0.15, 0.2) is 17.6 Å². The third-order valence-electron chi connectivity index (χ3n) is 5.68. The van der Waals surface area contributed by atoms with Gasteiger partial charge in [-0.05, 0) is 61.6 Å². The van der Waals surface area contributed by atoms with Crippen LogP contribution in [0, 0.1) is 0 Å². The highest BCUT2D eigenvalue weighted by Crippen LogP contribution is 2.32. The number of phenolic OH excluding ortho intramolecular Hbond substituents is 1. The zero-order valence-electron chi connectivity index (χ0n) is 16.3. The van der Waals surface area contributed by atoms with Gasteiger partial charge in [-0.25, -0.2) is 4.98 Å². The highest BCUT2D eigenvalue weighted by Gasteiger charge is 2.27. The Morgan fingerprint density at radius 1 is 1.24 bits per heavy atom. The average Bonchev–Trinajstić information content (AvgIpc) is 3.18. The van der Waals surface area contributed by atoms with Crippen molar-refractivity contribution < 1.29 is 19.7 Å². The van der Waals surface area contributed by atoms with Gasteiger partial charge in [-0.1, -0.05) is 6.07 Å². The van der Waals surface area contributed by atoms with Crippen LogP contribution in [0.25, 0.3) is 11.0 Å². The first kappa shape index (κ1) is 19.3. The number of benzene rings is 1. The summed E-state index contributed by atoms with van der Waals surface area (Å²) < 4.78 is 7.27. The molecule has 1 unspecified atom stereocenters. The van der Waals surface area contributed by atoms with Crippen molar-refractivity contribution in [1.82, 2.24) is 14.9 Å². The maximum Gasteiger partial charge on any atom is 0.253 e. The molecule has 2 aromatic heterocycles. The van der Waals surface area contributed by atoms with Crippen LogP contribution in [-0.4, -0.2) is 38.8 Å². The van der Waals surface area contributed by atoms with E-state index >= 15 is 0 Å². The first-order valence-corrected chi connectivity index (χ1v) is 9.83. The van der Waals surface area contributed by atoms with Gasteiger partial charge >= 0.3 is 0 Å². The molecule has 152 valence electrons. The van der Waals surface area contributed by atoms with E-state index in [1.54, 1.807) is 0 Å². The van der Waals surface area contributed by atoms with Crippen LogP contribution in [0.3, 0.4) is 0 Å². The first-order valence-electron chi connectivity index (χ1n) is 9.83. The predicted molar refractivity (Wildman–Crippen MR) is 109 cm³/mol. The molecule has 2 heterocycles. The van der Waals surface area contributed by atoms with E-state index in [4.69, 9.17) is 4.74 Å². The highest BCUT2D eigenvalue weighted by atomic mass is 16.5. The average molecular weight is 395 g/mol. The van der Waals surface area contributed by atoms with Gasteiger partial charge < -0.3 is 24.8 Å². The van der Waals surface area contributed by atoms with E-state index in [0.29, 0.717) is 11.6 Å². The number of nitrogens with one attached hydrogen (secondary N) is 1. The summed E-state index contributed by atoms with van der Waals surface area (Å²) in [4.78, 5) is 17.0. The van der Waals surface area contributed by atoms with Crippen molar-refractivity contribution in [2.45, 2.75) is 43.9 Å². The van der Waals surface area contributed by atoms with Crippen LogP contribution < -0.4 is 10.1 Å². The topological polar surface area (TPSA) is 96.6 Å². The van der Waals surface area contributed by atoms with Gasteiger partial charge in [0.05, 0.1) is 7.11 Å². The van der Waals surface area contributed by atoms with E-state index in [-0.39, 0.29) is 17.5 Å². The summed E-state index contributed by atoms with van der Waals surface area (Å²) in [5, 5.41) is 24.2. The van der Waals surface area contributed by atoms with Crippen LogP contribution >= 0.6 is 0 Å². The molecule has 3 aromatic rings. The Kier molecular flexibility index (Phi) is 5.40. The van der Waals surface area contributed by atoms with E-state index in [1.165, 1.54) is 25.3 Å². The molecule has 4 rings (SSSR count). The van der Waals surface area contributed by atoms with Gasteiger partial charge in [0, 0.05) is 29.9 Å². The zero-order valence-corrected chi connectivity index (χ0v) is 16.3. The second-order valence-corrected chi connectivity index (χ2v) is 7.49. The van der Waals surface area contributed by atoms with E-state index in [9.17, 15) is 15.0 Å². The molecule has 0 aliphatic heterocycles. The number of aliphatic hydroxyl groups is 1. The largest absolute Gasteiger partial charge is 0.504 e. The molecular formula is C22H25N3O4. The molecule has 29 heavy (non-hydrogen) atoms. The molecule has 1 aliphatic carbocycles. The number of amides is 1. The standard InChI is InChI=1S/C22H25N3O4/c1-29-19-13-15(4-9-18(19)26)20(27)22(28)24-16-5-7-17(8-6-16)25-12-10-14-3-2-11-23-21(14)25/h2-4,9-13,16-17,20,26-27H,5-8H2,1H3,(H,24,28). The fourth-order valence-corrected chi connectivity index (χ4v) is 4.08. The number of aromatic hydroxyl groups is 1. The lowest BCUT2D eigenvalue weighted by atomic mass is 9.90. The summed E-state index contributed by atoms with van der Waals surface area (Å²) in [5.74, 6) is -0.245. The zero-order chi connectivity index (χ0) is 20.4. The lowest BCUT2D eigenvalue weighted by Gasteiger charge is -2.31. The van der Waals surface area contributed by atoms with Crippen LogP contribution in [0.2, 0.25) is 0 Å². The fourth-order valence-electron chi connectivity index (χ4n) is 4.08. The fraction of sp³-hybridized carbons (Fsp3) is 0.364. The van der Waals surface area contributed by atoms with Crippen LogP contribution in [0.5, 0.6) is 11.5 Å². The SMILES string of the molecule is COc1cc(C(O)C(=O)NC2CCC(n3ccc4cccnc43)CC2)ccc1O. The van der Waals surface area contributed by atoms with Crippen molar-refractivity contribution in [3.63, 3.8) is 0 Å². The molecule has 7 heteroatoms. The molecule has 1 atom stereocenters. The van der Waals surface area contributed by atoms with Crippen molar-refractivity contribution in [3.8, 4) is 11.5 Å². The summed E-state index contributed by atoms with van der Waals surface area (Å²) in [5.41, 5.74) is 1.38. The molecular weight excluding hydrogens is 370 g/mol. The normalized spacial score (nSPS) is 20.3. The number of ether oxygens (including phenoxy) is 1. The number of methoxy groups -OCH3 is 1. The van der Waals surface area contributed by atoms with Gasteiger partial charge in [-0.15, -0.1) is 0 Å². The minimum Gasteiger partial charge on any atom is -0.504 e. The number of hydrogen-bond acceptors (Lipinski definition) is 5. The third-order valence-corrected chi connectivity index (χ3v) is 5.68. The molecule has 7 nitrogen and oxygen atoms in total. The Morgan fingerprint density at radius 2 is 2.03 bits per heavy atom. The smallest absolute Gasteiger partial charge is 0.253 e. The van der Waals surface area contributed by atoms with Crippen molar-refractivity contribution in [3.05, 3.63) is 54.4 Å². The number of rotatable bonds is 5. The van der Waals surface area contributed by atoms with E-state index in [0.717, 1.165) is 36.7 Å². The van der Waals surface area contributed by atoms with Crippen molar-refractivity contribution in [2.75, 3.05) is 7.11 Å². The number of aromatic nitrogens is 2. The number of fused-ring (bicyclic) bond motifs is 1. The molecule has 0 radical (unpaired) electrons. The van der Waals surface area contributed by atoms with Crippen molar-refractivity contribution in [2.24, 2.45) is 0 Å². The van der Waals surface area contributed by atoms with Gasteiger partial charge in [0.1, 0.15) is 5.65 Å². The quantitative estimate of drug-likeness (QED) is 0.617. The Labute approximate surface area is 169 Å². The molecule has 1 fully saturated rings. The van der Waals surface area contributed by atoms with E-state index in [1.807, 2.05) is 12.3 Å². The molecule has 1 saturated carbocycles. The van der Waals surface area contributed by atoms with Crippen molar-refractivity contribution in [1.29, 1.82) is 0 Å².